The van der Waals surface area contributed by atoms with E-state index in [0.29, 0.717) is 11.1 Å². The highest BCUT2D eigenvalue weighted by molar-refractivity contribution is 7.18. The number of carboxylic acids is 1. The number of aryl methyl sites for hydroxylation is 1. The van der Waals surface area contributed by atoms with Gasteiger partial charge < -0.3 is 9.84 Å². The second-order valence-electron chi connectivity index (χ2n) is 3.66. The molecule has 0 aliphatic rings. The summed E-state index contributed by atoms with van der Waals surface area (Å²) in [5, 5.41) is 10.0. The molecule has 0 fully saturated rings. The van der Waals surface area contributed by atoms with E-state index in [0.717, 1.165) is 9.84 Å². The third kappa shape index (κ3) is 2.01. The van der Waals surface area contributed by atoms with Crippen LogP contribution in [0.3, 0.4) is 0 Å². The van der Waals surface area contributed by atoms with Crippen molar-refractivity contribution in [1.82, 2.24) is 9.97 Å². The summed E-state index contributed by atoms with van der Waals surface area (Å²) in [5.74, 6) is -1.01. The minimum Gasteiger partial charge on any atom is -0.478 e. The number of carbonyl (C=O) groups is 1. The molecule has 1 atom stereocenters. The highest BCUT2D eigenvalue weighted by atomic mass is 32.1. The molecule has 2 aromatic heterocycles. The van der Waals surface area contributed by atoms with Gasteiger partial charge in [0.15, 0.2) is 0 Å². The summed E-state index contributed by atoms with van der Waals surface area (Å²) in [4.78, 5) is 20.4. The van der Waals surface area contributed by atoms with Crippen molar-refractivity contribution in [3.63, 3.8) is 0 Å². The molecule has 5 nitrogen and oxygen atoms in total. The second-order valence-corrected chi connectivity index (χ2v) is 4.84. The van der Waals surface area contributed by atoms with Crippen LogP contribution < -0.4 is 0 Å². The Morgan fingerprint density at radius 2 is 2.29 bits per heavy atom. The molecular formula is C11H12N2O3S. The summed E-state index contributed by atoms with van der Waals surface area (Å²) >= 11 is 1.44. The number of ether oxygens (including phenoxy) is 1. The van der Waals surface area contributed by atoms with Gasteiger partial charge >= 0.3 is 5.97 Å². The van der Waals surface area contributed by atoms with E-state index in [1.807, 2.05) is 6.92 Å². The summed E-state index contributed by atoms with van der Waals surface area (Å²) in [6, 6.07) is 0. The Morgan fingerprint density at radius 1 is 1.59 bits per heavy atom. The van der Waals surface area contributed by atoms with E-state index < -0.39 is 5.97 Å². The van der Waals surface area contributed by atoms with Gasteiger partial charge in [-0.1, -0.05) is 11.3 Å². The molecule has 0 amide bonds. The van der Waals surface area contributed by atoms with E-state index in [1.54, 1.807) is 14.0 Å². The van der Waals surface area contributed by atoms with Gasteiger partial charge in [0.05, 0.1) is 16.7 Å². The standard InChI is InChI=1S/C11H12N2O3S/c1-5(16-3)8-7(11(14)15)4-12-10-9(8)13-6(2)17-10/h4-5H,1-3H3,(H,14,15). The minimum absolute atomic E-state index is 0.150. The maximum absolute atomic E-state index is 11.2. The summed E-state index contributed by atoms with van der Waals surface area (Å²) in [7, 11) is 1.54. The Bertz CT molecular complexity index is 579. The van der Waals surface area contributed by atoms with Crippen molar-refractivity contribution < 1.29 is 14.6 Å². The molecule has 0 aliphatic heterocycles. The average Bonchev–Trinajstić information content (AvgIpc) is 2.66. The second kappa shape index (κ2) is 4.38. The van der Waals surface area contributed by atoms with E-state index >= 15 is 0 Å². The van der Waals surface area contributed by atoms with E-state index in [9.17, 15) is 4.79 Å². The van der Waals surface area contributed by atoms with Gasteiger partial charge in [-0.25, -0.2) is 14.8 Å². The number of aromatic nitrogens is 2. The van der Waals surface area contributed by atoms with E-state index in [-0.39, 0.29) is 11.7 Å². The SMILES string of the molecule is COC(C)c1c(C(=O)O)cnc2sc(C)nc12. The first-order valence-electron chi connectivity index (χ1n) is 5.06. The molecule has 0 aliphatic carbocycles. The number of hydrogen-bond donors (Lipinski definition) is 1. The molecule has 0 bridgehead atoms. The first kappa shape index (κ1) is 11.9. The molecule has 6 heteroatoms. The van der Waals surface area contributed by atoms with Crippen LogP contribution in [0, 0.1) is 6.92 Å². The Hall–Kier alpha value is -1.53. The van der Waals surface area contributed by atoms with Crippen LogP contribution >= 0.6 is 11.3 Å². The first-order chi connectivity index (χ1) is 8.04. The van der Waals surface area contributed by atoms with Gasteiger partial charge in [-0.3, -0.25) is 0 Å². The van der Waals surface area contributed by atoms with Gasteiger partial charge in [0.25, 0.3) is 0 Å². The molecule has 0 aromatic carbocycles. The Balaban J connectivity index is 2.78. The number of carboxylic acid groups (broad SMARTS) is 1. The van der Waals surface area contributed by atoms with Gasteiger partial charge in [-0.15, -0.1) is 0 Å². The minimum atomic E-state index is -1.01. The molecule has 1 N–H and O–H groups in total. The fourth-order valence-electron chi connectivity index (χ4n) is 1.70. The highest BCUT2D eigenvalue weighted by Gasteiger charge is 2.21. The number of nitrogens with zero attached hydrogens (tertiary/aromatic N) is 2. The lowest BCUT2D eigenvalue weighted by molar-refractivity contribution is 0.0683. The normalized spacial score (nSPS) is 12.9. The number of aromatic carboxylic acids is 1. The first-order valence-corrected chi connectivity index (χ1v) is 5.88. The van der Waals surface area contributed by atoms with E-state index in [4.69, 9.17) is 9.84 Å². The van der Waals surface area contributed by atoms with Gasteiger partial charge in [0.2, 0.25) is 0 Å². The van der Waals surface area contributed by atoms with Crippen LogP contribution in [0.5, 0.6) is 0 Å². The van der Waals surface area contributed by atoms with E-state index in [2.05, 4.69) is 9.97 Å². The van der Waals surface area contributed by atoms with Crippen molar-refractivity contribution in [2.24, 2.45) is 0 Å². The molecule has 0 saturated heterocycles. The lowest BCUT2D eigenvalue weighted by Crippen LogP contribution is -2.08. The highest BCUT2D eigenvalue weighted by Crippen LogP contribution is 2.30. The average molecular weight is 252 g/mol. The molecule has 1 unspecified atom stereocenters. The third-order valence-corrected chi connectivity index (χ3v) is 3.44. The lowest BCUT2D eigenvalue weighted by atomic mass is 10.0. The molecule has 2 rings (SSSR count). The lowest BCUT2D eigenvalue weighted by Gasteiger charge is -2.12. The number of hydrogen-bond acceptors (Lipinski definition) is 5. The molecule has 0 saturated carbocycles. The fourth-order valence-corrected chi connectivity index (χ4v) is 2.47. The van der Waals surface area contributed by atoms with Gasteiger partial charge in [-0.2, -0.15) is 0 Å². The van der Waals surface area contributed by atoms with Gasteiger partial charge in [0.1, 0.15) is 10.3 Å². The van der Waals surface area contributed by atoms with Crippen molar-refractivity contribution in [3.8, 4) is 0 Å². The smallest absolute Gasteiger partial charge is 0.337 e. The third-order valence-electron chi connectivity index (χ3n) is 2.56. The predicted molar refractivity (Wildman–Crippen MR) is 64.5 cm³/mol. The molecule has 0 radical (unpaired) electrons. The zero-order valence-corrected chi connectivity index (χ0v) is 10.5. The Labute approximate surface area is 102 Å². The van der Waals surface area contributed by atoms with Crippen LogP contribution in [0.25, 0.3) is 10.3 Å². The van der Waals surface area contributed by atoms with Crippen molar-refractivity contribution in [2.75, 3.05) is 7.11 Å². The van der Waals surface area contributed by atoms with Crippen LogP contribution in [0.4, 0.5) is 0 Å². The van der Waals surface area contributed by atoms with Gasteiger partial charge in [0, 0.05) is 18.9 Å². The zero-order valence-electron chi connectivity index (χ0n) is 9.72. The summed E-state index contributed by atoms with van der Waals surface area (Å²) < 4.78 is 5.22. The topological polar surface area (TPSA) is 72.3 Å². The van der Waals surface area contributed by atoms with Crippen molar-refractivity contribution in [2.45, 2.75) is 20.0 Å². The monoisotopic (exact) mass is 252 g/mol. The quantitative estimate of drug-likeness (QED) is 0.908. The number of rotatable bonds is 3. The molecule has 17 heavy (non-hydrogen) atoms. The maximum Gasteiger partial charge on any atom is 0.337 e. The summed E-state index contributed by atoms with van der Waals surface area (Å²) in [6.07, 6.45) is 1.04. The van der Waals surface area contributed by atoms with Crippen molar-refractivity contribution >= 4 is 27.7 Å². The molecule has 2 aromatic rings. The van der Waals surface area contributed by atoms with Gasteiger partial charge in [-0.05, 0) is 13.8 Å². The number of pyridine rings is 1. The predicted octanol–water partition coefficient (Wildman–Crippen LogP) is 2.41. The van der Waals surface area contributed by atoms with Crippen molar-refractivity contribution in [1.29, 1.82) is 0 Å². The fraction of sp³-hybridized carbons (Fsp3) is 0.364. The van der Waals surface area contributed by atoms with Crippen LogP contribution in [0.15, 0.2) is 6.20 Å². The summed E-state index contributed by atoms with van der Waals surface area (Å²) in [5.41, 5.74) is 1.37. The Morgan fingerprint density at radius 3 is 2.88 bits per heavy atom. The molecule has 0 spiro atoms. The zero-order chi connectivity index (χ0) is 12.6. The van der Waals surface area contributed by atoms with E-state index in [1.165, 1.54) is 17.5 Å². The number of fused-ring (bicyclic) bond motifs is 1. The Kier molecular flexibility index (Phi) is 3.08. The number of methoxy groups -OCH3 is 1. The van der Waals surface area contributed by atoms with Crippen LogP contribution in [0.1, 0.15) is 34.0 Å². The molecule has 90 valence electrons. The molecular weight excluding hydrogens is 240 g/mol. The van der Waals surface area contributed by atoms with Crippen LogP contribution in [-0.2, 0) is 4.74 Å². The van der Waals surface area contributed by atoms with Crippen LogP contribution in [-0.4, -0.2) is 28.2 Å². The van der Waals surface area contributed by atoms with Crippen LogP contribution in [0.2, 0.25) is 0 Å². The largest absolute Gasteiger partial charge is 0.478 e. The van der Waals surface area contributed by atoms with Crippen molar-refractivity contribution in [3.05, 3.63) is 22.3 Å². The molecule has 2 heterocycles. The number of thiazole rings is 1. The summed E-state index contributed by atoms with van der Waals surface area (Å²) in [6.45, 7) is 3.67. The maximum atomic E-state index is 11.2.